The molecule has 3 nitrogen and oxygen atoms in total. The summed E-state index contributed by atoms with van der Waals surface area (Å²) in [5.74, 6) is 0.596. The first-order valence-corrected chi connectivity index (χ1v) is 8.06. The molecule has 1 aromatic rings. The second-order valence-electron chi connectivity index (χ2n) is 5.08. The molecule has 0 radical (unpaired) electrons. The molecule has 19 heavy (non-hydrogen) atoms. The number of nitrogens with one attached hydrogen (secondary N) is 1. The third-order valence-corrected chi connectivity index (χ3v) is 4.75. The highest BCUT2D eigenvalue weighted by Gasteiger charge is 2.18. The summed E-state index contributed by atoms with van der Waals surface area (Å²) in [6.45, 7) is 3.02. The van der Waals surface area contributed by atoms with Gasteiger partial charge in [0.25, 0.3) is 5.91 Å². The van der Waals surface area contributed by atoms with Crippen molar-refractivity contribution >= 4 is 37.8 Å². The van der Waals surface area contributed by atoms with Crippen LogP contribution in [0.5, 0.6) is 0 Å². The third kappa shape index (κ3) is 4.29. The van der Waals surface area contributed by atoms with Crippen LogP contribution in [0.1, 0.15) is 23.2 Å². The van der Waals surface area contributed by atoms with Gasteiger partial charge in [0, 0.05) is 15.5 Å². The smallest absolute Gasteiger partial charge is 0.252 e. The summed E-state index contributed by atoms with van der Waals surface area (Å²) in [7, 11) is 2.15. The van der Waals surface area contributed by atoms with Gasteiger partial charge >= 0.3 is 0 Å². The number of carbonyl (C=O) groups is 1. The first-order chi connectivity index (χ1) is 9.06. The first-order valence-electron chi connectivity index (χ1n) is 6.48. The Kier molecular flexibility index (Phi) is 5.42. The average molecular weight is 390 g/mol. The topological polar surface area (TPSA) is 32.3 Å². The van der Waals surface area contributed by atoms with Gasteiger partial charge in [-0.3, -0.25) is 4.79 Å². The maximum absolute atomic E-state index is 12.2. The molecule has 0 atom stereocenters. The third-order valence-electron chi connectivity index (χ3n) is 3.56. The Morgan fingerprint density at radius 2 is 2.05 bits per heavy atom. The number of benzene rings is 1. The fourth-order valence-electron chi connectivity index (χ4n) is 2.27. The zero-order chi connectivity index (χ0) is 13.8. The van der Waals surface area contributed by atoms with Crippen molar-refractivity contribution in [2.45, 2.75) is 12.8 Å². The van der Waals surface area contributed by atoms with Crippen LogP contribution in [-0.4, -0.2) is 37.5 Å². The molecule has 0 spiro atoms. The van der Waals surface area contributed by atoms with E-state index in [-0.39, 0.29) is 5.91 Å². The van der Waals surface area contributed by atoms with Crippen molar-refractivity contribution < 1.29 is 4.79 Å². The summed E-state index contributed by atoms with van der Waals surface area (Å²) in [5, 5.41) is 3.04. The van der Waals surface area contributed by atoms with Crippen molar-refractivity contribution in [3.05, 3.63) is 32.7 Å². The van der Waals surface area contributed by atoms with Gasteiger partial charge in [0.15, 0.2) is 0 Å². The molecule has 2 rings (SSSR count). The minimum atomic E-state index is -0.00731. The van der Waals surface area contributed by atoms with Gasteiger partial charge in [-0.1, -0.05) is 15.9 Å². The van der Waals surface area contributed by atoms with Crippen LogP contribution < -0.4 is 5.32 Å². The van der Waals surface area contributed by atoms with Gasteiger partial charge < -0.3 is 10.2 Å². The Bertz CT molecular complexity index is 457. The minimum absolute atomic E-state index is 0.00731. The summed E-state index contributed by atoms with van der Waals surface area (Å²) in [5.41, 5.74) is 0.683. The molecule has 1 N–H and O–H groups in total. The zero-order valence-electron chi connectivity index (χ0n) is 11.0. The lowest BCUT2D eigenvalue weighted by Crippen LogP contribution is -2.36. The Balaban J connectivity index is 1.89. The Hall–Kier alpha value is -0.390. The number of rotatable bonds is 3. The first kappa shape index (κ1) is 15.0. The largest absolute Gasteiger partial charge is 0.352 e. The van der Waals surface area contributed by atoms with E-state index in [0.29, 0.717) is 11.5 Å². The standard InChI is InChI=1S/C14H18Br2N2O/c1-18-6-4-10(5-7-18)9-17-14(19)12-8-11(15)2-3-13(12)16/h2-3,8,10H,4-7,9H2,1H3,(H,17,19). The van der Waals surface area contributed by atoms with Crippen LogP contribution in [0, 0.1) is 5.92 Å². The molecule has 0 aliphatic carbocycles. The molecule has 1 amide bonds. The van der Waals surface area contributed by atoms with Crippen LogP contribution in [-0.2, 0) is 0 Å². The Labute approximate surface area is 131 Å². The van der Waals surface area contributed by atoms with E-state index in [0.717, 1.165) is 41.4 Å². The molecular weight excluding hydrogens is 372 g/mol. The Morgan fingerprint density at radius 3 is 2.74 bits per heavy atom. The molecule has 5 heteroatoms. The van der Waals surface area contributed by atoms with E-state index in [1.807, 2.05) is 18.2 Å². The number of nitrogens with zero attached hydrogens (tertiary/aromatic N) is 1. The van der Waals surface area contributed by atoms with Gasteiger partial charge in [-0.05, 0) is 73.0 Å². The predicted molar refractivity (Wildman–Crippen MR) is 84.4 cm³/mol. The summed E-state index contributed by atoms with van der Waals surface area (Å²) in [4.78, 5) is 14.5. The van der Waals surface area contributed by atoms with Crippen LogP contribution in [0.25, 0.3) is 0 Å². The fraction of sp³-hybridized carbons (Fsp3) is 0.500. The lowest BCUT2D eigenvalue weighted by molar-refractivity contribution is 0.0938. The summed E-state index contributed by atoms with van der Waals surface area (Å²) < 4.78 is 1.75. The SMILES string of the molecule is CN1CCC(CNC(=O)c2cc(Br)ccc2Br)CC1. The summed E-state index contributed by atoms with van der Waals surface area (Å²) in [6.07, 6.45) is 2.33. The summed E-state index contributed by atoms with van der Waals surface area (Å²) >= 11 is 6.81. The number of hydrogen-bond acceptors (Lipinski definition) is 2. The summed E-state index contributed by atoms with van der Waals surface area (Å²) in [6, 6.07) is 5.64. The zero-order valence-corrected chi connectivity index (χ0v) is 14.1. The number of hydrogen-bond donors (Lipinski definition) is 1. The fourth-order valence-corrected chi connectivity index (χ4v) is 3.06. The maximum atomic E-state index is 12.2. The number of piperidine rings is 1. The van der Waals surface area contributed by atoms with Crippen molar-refractivity contribution in [2.75, 3.05) is 26.7 Å². The van der Waals surface area contributed by atoms with Crippen molar-refractivity contribution in [1.29, 1.82) is 0 Å². The molecule has 1 aliphatic rings. The number of carbonyl (C=O) groups excluding carboxylic acids is 1. The second-order valence-corrected chi connectivity index (χ2v) is 6.85. The lowest BCUT2D eigenvalue weighted by Gasteiger charge is -2.28. The molecule has 1 aliphatic heterocycles. The normalized spacial score (nSPS) is 17.4. The highest BCUT2D eigenvalue weighted by Crippen LogP contribution is 2.22. The van der Waals surface area contributed by atoms with Crippen molar-refractivity contribution in [1.82, 2.24) is 10.2 Å². The molecule has 0 aromatic heterocycles. The van der Waals surface area contributed by atoms with Crippen LogP contribution in [0.4, 0.5) is 0 Å². The monoisotopic (exact) mass is 388 g/mol. The van der Waals surface area contributed by atoms with Crippen molar-refractivity contribution in [3.8, 4) is 0 Å². The van der Waals surface area contributed by atoms with Crippen LogP contribution in [0.15, 0.2) is 27.1 Å². The molecule has 1 saturated heterocycles. The number of amides is 1. The van der Waals surface area contributed by atoms with Gasteiger partial charge in [-0.15, -0.1) is 0 Å². The van der Waals surface area contributed by atoms with E-state index in [4.69, 9.17) is 0 Å². The van der Waals surface area contributed by atoms with E-state index in [1.165, 1.54) is 0 Å². The van der Waals surface area contributed by atoms with Gasteiger partial charge in [0.2, 0.25) is 0 Å². The molecule has 1 aromatic carbocycles. The molecule has 0 bridgehead atoms. The highest BCUT2D eigenvalue weighted by molar-refractivity contribution is 9.11. The highest BCUT2D eigenvalue weighted by atomic mass is 79.9. The van der Waals surface area contributed by atoms with Crippen LogP contribution in [0.3, 0.4) is 0 Å². The van der Waals surface area contributed by atoms with Gasteiger partial charge in [-0.25, -0.2) is 0 Å². The van der Waals surface area contributed by atoms with E-state index < -0.39 is 0 Å². The Morgan fingerprint density at radius 1 is 1.37 bits per heavy atom. The molecule has 1 fully saturated rings. The van der Waals surface area contributed by atoms with Crippen molar-refractivity contribution in [2.24, 2.45) is 5.92 Å². The van der Waals surface area contributed by atoms with Gasteiger partial charge in [0.1, 0.15) is 0 Å². The average Bonchev–Trinajstić information content (AvgIpc) is 2.40. The molecule has 1 heterocycles. The molecule has 0 unspecified atom stereocenters. The van der Waals surface area contributed by atoms with Crippen LogP contribution in [0.2, 0.25) is 0 Å². The molecule has 0 saturated carbocycles. The van der Waals surface area contributed by atoms with E-state index in [1.54, 1.807) is 0 Å². The van der Waals surface area contributed by atoms with Gasteiger partial charge in [0.05, 0.1) is 5.56 Å². The quantitative estimate of drug-likeness (QED) is 0.860. The molecular formula is C14H18Br2N2O. The van der Waals surface area contributed by atoms with Crippen LogP contribution >= 0.6 is 31.9 Å². The van der Waals surface area contributed by atoms with E-state index in [2.05, 4.69) is 49.1 Å². The minimum Gasteiger partial charge on any atom is -0.352 e. The van der Waals surface area contributed by atoms with Crippen molar-refractivity contribution in [3.63, 3.8) is 0 Å². The van der Waals surface area contributed by atoms with E-state index in [9.17, 15) is 4.79 Å². The molecule has 104 valence electrons. The van der Waals surface area contributed by atoms with E-state index >= 15 is 0 Å². The van der Waals surface area contributed by atoms with Gasteiger partial charge in [-0.2, -0.15) is 0 Å². The number of likely N-dealkylation sites (tertiary alicyclic amines) is 1. The maximum Gasteiger partial charge on any atom is 0.252 e. The second kappa shape index (κ2) is 6.86. The predicted octanol–water partition coefficient (Wildman–Crippen LogP) is 3.28. The number of halogens is 2. The lowest BCUT2D eigenvalue weighted by atomic mass is 9.97.